The second-order valence-corrected chi connectivity index (χ2v) is 8.11. The third kappa shape index (κ3) is 4.45. The van der Waals surface area contributed by atoms with Gasteiger partial charge in [0, 0.05) is 23.6 Å². The molecule has 2 aromatic rings. The van der Waals surface area contributed by atoms with Crippen molar-refractivity contribution in [3.05, 3.63) is 35.5 Å². The Morgan fingerprint density at radius 3 is 2.64 bits per heavy atom. The maximum atomic E-state index is 6.29. The zero-order valence-electron chi connectivity index (χ0n) is 16.2. The molecule has 1 heterocycles. The summed E-state index contributed by atoms with van der Waals surface area (Å²) in [5, 5.41) is 1.37. The summed E-state index contributed by atoms with van der Waals surface area (Å²) >= 11 is 0. The van der Waals surface area contributed by atoms with E-state index in [1.54, 1.807) is 0 Å². The predicted octanol–water partition coefficient (Wildman–Crippen LogP) is 5.15. The van der Waals surface area contributed by atoms with Crippen LogP contribution in [0.5, 0.6) is 0 Å². The first-order chi connectivity index (χ1) is 12.1. The van der Waals surface area contributed by atoms with E-state index in [9.17, 15) is 0 Å². The number of nitrogens with one attached hydrogen (secondary N) is 1. The average Bonchev–Trinajstić information content (AvgIpc) is 3.05. The molecule has 0 aliphatic heterocycles. The fourth-order valence-electron chi connectivity index (χ4n) is 4.28. The van der Waals surface area contributed by atoms with Crippen molar-refractivity contribution in [2.45, 2.75) is 58.5 Å². The predicted molar refractivity (Wildman–Crippen MR) is 106 cm³/mol. The number of benzene rings is 1. The SMILES string of the molecule is CCC1(COCc2cccc3[nH]cc(CCN(C)C)c23)CCCCC1. The van der Waals surface area contributed by atoms with E-state index in [1.807, 2.05) is 0 Å². The highest BCUT2D eigenvalue weighted by atomic mass is 16.5. The van der Waals surface area contributed by atoms with Crippen LogP contribution in [-0.4, -0.2) is 37.1 Å². The molecule has 1 aliphatic rings. The van der Waals surface area contributed by atoms with Crippen LogP contribution in [0, 0.1) is 5.41 Å². The van der Waals surface area contributed by atoms with Crippen molar-refractivity contribution < 1.29 is 4.74 Å². The van der Waals surface area contributed by atoms with Crippen LogP contribution in [0.2, 0.25) is 0 Å². The molecule has 1 aliphatic carbocycles. The third-order valence-corrected chi connectivity index (χ3v) is 6.03. The first kappa shape index (κ1) is 18.5. The molecule has 0 amide bonds. The van der Waals surface area contributed by atoms with Crippen molar-refractivity contribution in [3.63, 3.8) is 0 Å². The van der Waals surface area contributed by atoms with E-state index < -0.39 is 0 Å². The maximum absolute atomic E-state index is 6.29. The molecule has 25 heavy (non-hydrogen) atoms. The van der Waals surface area contributed by atoms with Crippen LogP contribution >= 0.6 is 0 Å². The monoisotopic (exact) mass is 342 g/mol. The number of aromatic amines is 1. The molecule has 3 heteroatoms. The summed E-state index contributed by atoms with van der Waals surface area (Å²) in [4.78, 5) is 5.68. The molecule has 0 unspecified atom stereocenters. The largest absolute Gasteiger partial charge is 0.376 e. The topological polar surface area (TPSA) is 28.3 Å². The van der Waals surface area contributed by atoms with Gasteiger partial charge in [-0.25, -0.2) is 0 Å². The lowest BCUT2D eigenvalue weighted by Gasteiger charge is -2.36. The van der Waals surface area contributed by atoms with Gasteiger partial charge in [0.1, 0.15) is 0 Å². The number of hydrogen-bond donors (Lipinski definition) is 1. The fourth-order valence-corrected chi connectivity index (χ4v) is 4.28. The van der Waals surface area contributed by atoms with Crippen molar-refractivity contribution in [1.29, 1.82) is 0 Å². The zero-order chi connectivity index (χ0) is 17.7. The molecule has 0 saturated heterocycles. The molecule has 1 saturated carbocycles. The van der Waals surface area contributed by atoms with Gasteiger partial charge in [0.25, 0.3) is 0 Å². The van der Waals surface area contributed by atoms with Gasteiger partial charge < -0.3 is 14.6 Å². The molecule has 3 nitrogen and oxygen atoms in total. The minimum Gasteiger partial charge on any atom is -0.376 e. The normalized spacial score (nSPS) is 17.4. The standard InChI is InChI=1S/C22H34N2O/c1-4-22(12-6-5-7-13-22)17-25-16-19-9-8-10-20-21(19)18(15-23-20)11-14-24(2)3/h8-10,15,23H,4-7,11-14,16-17H2,1-3H3. The quantitative estimate of drug-likeness (QED) is 0.718. The van der Waals surface area contributed by atoms with E-state index in [1.165, 1.54) is 60.6 Å². The van der Waals surface area contributed by atoms with Crippen molar-refractivity contribution in [3.8, 4) is 0 Å². The summed E-state index contributed by atoms with van der Waals surface area (Å²) < 4.78 is 6.29. The Bertz CT molecular complexity index is 668. The Morgan fingerprint density at radius 1 is 1.12 bits per heavy atom. The molecule has 138 valence electrons. The van der Waals surface area contributed by atoms with Crippen molar-refractivity contribution in [2.24, 2.45) is 5.41 Å². The number of hydrogen-bond acceptors (Lipinski definition) is 2. The number of rotatable bonds is 8. The van der Waals surface area contributed by atoms with Gasteiger partial charge in [-0.1, -0.05) is 38.3 Å². The number of likely N-dealkylation sites (N-methyl/N-ethyl adjacent to an activating group) is 1. The van der Waals surface area contributed by atoms with E-state index in [4.69, 9.17) is 4.74 Å². The van der Waals surface area contributed by atoms with Crippen LogP contribution in [-0.2, 0) is 17.8 Å². The number of fused-ring (bicyclic) bond motifs is 1. The summed E-state index contributed by atoms with van der Waals surface area (Å²) in [5.74, 6) is 0. The van der Waals surface area contributed by atoms with Crippen molar-refractivity contribution in [1.82, 2.24) is 9.88 Å². The van der Waals surface area contributed by atoms with Gasteiger partial charge in [0.05, 0.1) is 13.2 Å². The van der Waals surface area contributed by atoms with Gasteiger partial charge in [-0.3, -0.25) is 0 Å². The highest BCUT2D eigenvalue weighted by Crippen LogP contribution is 2.39. The summed E-state index contributed by atoms with van der Waals surface area (Å²) in [6.07, 6.45) is 11.3. The van der Waals surface area contributed by atoms with Crippen LogP contribution in [0.1, 0.15) is 56.6 Å². The molecule has 0 radical (unpaired) electrons. The van der Waals surface area contributed by atoms with E-state index in [-0.39, 0.29) is 0 Å². The van der Waals surface area contributed by atoms with Crippen molar-refractivity contribution >= 4 is 10.9 Å². The number of ether oxygens (including phenoxy) is 1. The second kappa shape index (κ2) is 8.37. The van der Waals surface area contributed by atoms with Crippen LogP contribution in [0.15, 0.2) is 24.4 Å². The Morgan fingerprint density at radius 2 is 1.92 bits per heavy atom. The molecule has 1 aromatic heterocycles. The minimum atomic E-state index is 0.429. The zero-order valence-corrected chi connectivity index (χ0v) is 16.2. The van der Waals surface area contributed by atoms with Crippen LogP contribution < -0.4 is 0 Å². The van der Waals surface area contributed by atoms with Crippen LogP contribution in [0.25, 0.3) is 10.9 Å². The summed E-state index contributed by atoms with van der Waals surface area (Å²) in [5.41, 5.74) is 4.40. The highest BCUT2D eigenvalue weighted by molar-refractivity contribution is 5.86. The third-order valence-electron chi connectivity index (χ3n) is 6.03. The molecule has 0 atom stereocenters. The van der Waals surface area contributed by atoms with Gasteiger partial charge in [-0.2, -0.15) is 0 Å². The molecular formula is C22H34N2O. The molecule has 1 fully saturated rings. The van der Waals surface area contributed by atoms with E-state index in [0.29, 0.717) is 5.41 Å². The van der Waals surface area contributed by atoms with Gasteiger partial charge in [0.15, 0.2) is 0 Å². The number of nitrogens with zero attached hydrogens (tertiary/aromatic N) is 1. The lowest BCUT2D eigenvalue weighted by Crippen LogP contribution is -2.28. The Hall–Kier alpha value is -1.32. The summed E-state index contributed by atoms with van der Waals surface area (Å²) in [6, 6.07) is 6.55. The first-order valence-electron chi connectivity index (χ1n) is 9.94. The van der Waals surface area contributed by atoms with Gasteiger partial charge in [0.2, 0.25) is 0 Å². The molecular weight excluding hydrogens is 308 g/mol. The fraction of sp³-hybridized carbons (Fsp3) is 0.636. The molecule has 1 aromatic carbocycles. The summed E-state index contributed by atoms with van der Waals surface area (Å²) in [6.45, 7) is 5.05. The Kier molecular flexibility index (Phi) is 6.19. The Balaban J connectivity index is 1.69. The lowest BCUT2D eigenvalue weighted by atomic mass is 9.73. The van der Waals surface area contributed by atoms with Gasteiger partial charge >= 0.3 is 0 Å². The van der Waals surface area contributed by atoms with Gasteiger partial charge in [-0.05, 0) is 62.4 Å². The average molecular weight is 343 g/mol. The van der Waals surface area contributed by atoms with E-state index in [2.05, 4.69) is 55.3 Å². The highest BCUT2D eigenvalue weighted by Gasteiger charge is 2.30. The van der Waals surface area contributed by atoms with Crippen LogP contribution in [0.4, 0.5) is 0 Å². The molecule has 3 rings (SSSR count). The lowest BCUT2D eigenvalue weighted by molar-refractivity contribution is 0.00921. The number of H-pyrrole nitrogens is 1. The molecule has 0 bridgehead atoms. The Labute approximate surface area is 152 Å². The molecule has 1 N–H and O–H groups in total. The second-order valence-electron chi connectivity index (χ2n) is 8.11. The summed E-state index contributed by atoms with van der Waals surface area (Å²) in [7, 11) is 4.26. The van der Waals surface area contributed by atoms with E-state index >= 15 is 0 Å². The minimum absolute atomic E-state index is 0.429. The molecule has 0 spiro atoms. The maximum Gasteiger partial charge on any atom is 0.0723 e. The smallest absolute Gasteiger partial charge is 0.0723 e. The number of aromatic nitrogens is 1. The first-order valence-corrected chi connectivity index (χ1v) is 9.94. The van der Waals surface area contributed by atoms with E-state index in [0.717, 1.165) is 26.2 Å². The van der Waals surface area contributed by atoms with Crippen LogP contribution in [0.3, 0.4) is 0 Å². The van der Waals surface area contributed by atoms with Crippen molar-refractivity contribution in [2.75, 3.05) is 27.2 Å². The van der Waals surface area contributed by atoms with Gasteiger partial charge in [-0.15, -0.1) is 0 Å².